The second kappa shape index (κ2) is 5.55. The van der Waals surface area contributed by atoms with E-state index in [4.69, 9.17) is 10.5 Å². The zero-order chi connectivity index (χ0) is 13.0. The lowest BCUT2D eigenvalue weighted by Gasteiger charge is -2.09. The smallest absolute Gasteiger partial charge is 0.215 e. The molecule has 0 aliphatic rings. The van der Waals surface area contributed by atoms with Crippen molar-refractivity contribution in [1.82, 2.24) is 9.78 Å². The Morgan fingerprint density at radius 1 is 1.33 bits per heavy atom. The molecule has 5 nitrogen and oxygen atoms in total. The van der Waals surface area contributed by atoms with E-state index in [-0.39, 0.29) is 5.75 Å². The van der Waals surface area contributed by atoms with Gasteiger partial charge in [0.1, 0.15) is 5.75 Å². The van der Waals surface area contributed by atoms with Gasteiger partial charge in [-0.3, -0.25) is 0 Å². The summed E-state index contributed by atoms with van der Waals surface area (Å²) in [6.45, 7) is 1.03. The number of nitrogens with zero attached hydrogens (tertiary/aromatic N) is 2. The average Bonchev–Trinajstić information content (AvgIpc) is 2.75. The molecule has 1 aromatic heterocycles. The zero-order valence-electron chi connectivity index (χ0n) is 10.3. The van der Waals surface area contributed by atoms with Gasteiger partial charge in [-0.25, -0.2) is 4.68 Å². The van der Waals surface area contributed by atoms with Gasteiger partial charge in [0.2, 0.25) is 5.88 Å². The van der Waals surface area contributed by atoms with Crippen LogP contribution >= 0.6 is 0 Å². The number of rotatable bonds is 5. The number of aromatic nitrogens is 2. The summed E-state index contributed by atoms with van der Waals surface area (Å²) in [5, 5.41) is 14.0. The first kappa shape index (κ1) is 12.4. The molecule has 3 N–H and O–H groups in total. The number of methoxy groups -OCH3 is 1. The molecule has 1 aromatic carbocycles. The molecule has 0 spiro atoms. The van der Waals surface area contributed by atoms with Crippen molar-refractivity contribution in [3.8, 4) is 11.6 Å². The number of nitrogens with two attached hydrogens (primary N) is 1. The zero-order valence-corrected chi connectivity index (χ0v) is 10.3. The summed E-state index contributed by atoms with van der Waals surface area (Å²) in [5.41, 5.74) is 7.32. The van der Waals surface area contributed by atoms with Crippen molar-refractivity contribution in [3.05, 3.63) is 41.6 Å². The van der Waals surface area contributed by atoms with Crippen molar-refractivity contribution in [2.75, 3.05) is 13.7 Å². The topological polar surface area (TPSA) is 73.3 Å². The van der Waals surface area contributed by atoms with Crippen LogP contribution in [0.4, 0.5) is 0 Å². The highest BCUT2D eigenvalue weighted by atomic mass is 16.5. The van der Waals surface area contributed by atoms with E-state index < -0.39 is 0 Å². The highest BCUT2D eigenvalue weighted by Gasteiger charge is 2.12. The number of hydrogen-bond donors (Lipinski definition) is 2. The van der Waals surface area contributed by atoms with Gasteiger partial charge >= 0.3 is 0 Å². The lowest BCUT2D eigenvalue weighted by Crippen LogP contribution is -2.07. The second-order valence-corrected chi connectivity index (χ2v) is 4.00. The maximum absolute atomic E-state index is 9.74. The van der Waals surface area contributed by atoms with E-state index in [1.165, 1.54) is 0 Å². The maximum atomic E-state index is 9.74. The van der Waals surface area contributed by atoms with Gasteiger partial charge in [0, 0.05) is 11.1 Å². The van der Waals surface area contributed by atoms with Crippen LogP contribution in [0, 0.1) is 0 Å². The summed E-state index contributed by atoms with van der Waals surface area (Å²) < 4.78 is 7.07. The molecule has 2 rings (SSSR count). The molecule has 96 valence electrons. The normalized spacial score (nSPS) is 10.6. The first-order valence-electron chi connectivity index (χ1n) is 5.82. The molecule has 2 aromatic rings. The van der Waals surface area contributed by atoms with Crippen molar-refractivity contribution < 1.29 is 9.84 Å². The Labute approximate surface area is 106 Å². The van der Waals surface area contributed by atoms with Crippen molar-refractivity contribution in [1.29, 1.82) is 0 Å². The van der Waals surface area contributed by atoms with Gasteiger partial charge in [0.05, 0.1) is 19.9 Å². The lowest BCUT2D eigenvalue weighted by atomic mass is 10.2. The minimum Gasteiger partial charge on any atom is -0.508 e. The minimum absolute atomic E-state index is 0.260. The first-order valence-corrected chi connectivity index (χ1v) is 5.82. The summed E-state index contributed by atoms with van der Waals surface area (Å²) in [6.07, 6.45) is 2.48. The molecule has 0 aliphatic carbocycles. The van der Waals surface area contributed by atoms with Crippen LogP contribution in [0.25, 0.3) is 0 Å². The van der Waals surface area contributed by atoms with E-state index in [9.17, 15) is 5.11 Å². The molecular weight excluding hydrogens is 230 g/mol. The van der Waals surface area contributed by atoms with Crippen LogP contribution in [0.3, 0.4) is 0 Å². The Bertz CT molecular complexity index is 523. The van der Waals surface area contributed by atoms with E-state index in [0.29, 0.717) is 19.0 Å². The van der Waals surface area contributed by atoms with Crippen LogP contribution in [0.15, 0.2) is 30.5 Å². The Morgan fingerprint density at radius 3 is 2.78 bits per heavy atom. The molecule has 0 saturated carbocycles. The highest BCUT2D eigenvalue weighted by Crippen LogP contribution is 2.22. The molecule has 0 radical (unpaired) electrons. The molecule has 0 saturated heterocycles. The van der Waals surface area contributed by atoms with E-state index >= 15 is 0 Å². The standard InChI is InChI=1S/C13H17N3O2/c1-18-13-10(6-7-14)8-15-16(13)9-11-4-2-3-5-12(11)17/h2-5,8,17H,6-7,9,14H2,1H3. The van der Waals surface area contributed by atoms with Crippen LogP contribution in [0.5, 0.6) is 11.6 Å². The van der Waals surface area contributed by atoms with Gasteiger partial charge in [-0.1, -0.05) is 18.2 Å². The molecule has 0 amide bonds. The number of aromatic hydroxyl groups is 1. The van der Waals surface area contributed by atoms with E-state index in [1.54, 1.807) is 30.1 Å². The number of phenols is 1. The molecule has 18 heavy (non-hydrogen) atoms. The number of ether oxygens (including phenoxy) is 1. The number of phenolic OH excluding ortho intramolecular Hbond substituents is 1. The molecule has 0 bridgehead atoms. The van der Waals surface area contributed by atoms with Crippen molar-refractivity contribution >= 4 is 0 Å². The van der Waals surface area contributed by atoms with Gasteiger partial charge in [-0.05, 0) is 19.0 Å². The highest BCUT2D eigenvalue weighted by molar-refractivity contribution is 5.33. The number of benzene rings is 1. The molecule has 5 heteroatoms. The van der Waals surface area contributed by atoms with Crippen LogP contribution in [-0.2, 0) is 13.0 Å². The summed E-state index contributed by atoms with van der Waals surface area (Å²) in [7, 11) is 1.61. The Balaban J connectivity index is 2.27. The molecule has 0 fully saturated rings. The Hall–Kier alpha value is -2.01. The fourth-order valence-corrected chi connectivity index (χ4v) is 1.89. The third-order valence-corrected chi connectivity index (χ3v) is 2.78. The fraction of sp³-hybridized carbons (Fsp3) is 0.308. The fourth-order valence-electron chi connectivity index (χ4n) is 1.89. The minimum atomic E-state index is 0.260. The molecule has 0 aliphatic heterocycles. The van der Waals surface area contributed by atoms with Gasteiger partial charge in [0.25, 0.3) is 0 Å². The van der Waals surface area contributed by atoms with Crippen LogP contribution in [-0.4, -0.2) is 28.5 Å². The largest absolute Gasteiger partial charge is 0.508 e. The molecule has 1 heterocycles. The van der Waals surface area contributed by atoms with Crippen molar-refractivity contribution in [2.24, 2.45) is 5.73 Å². The molecule has 0 unspecified atom stereocenters. The summed E-state index contributed by atoms with van der Waals surface area (Å²) >= 11 is 0. The van der Waals surface area contributed by atoms with Gasteiger partial charge in [-0.2, -0.15) is 5.10 Å². The predicted molar refractivity (Wildman–Crippen MR) is 68.7 cm³/mol. The first-order chi connectivity index (χ1) is 8.76. The van der Waals surface area contributed by atoms with E-state index in [0.717, 1.165) is 17.5 Å². The lowest BCUT2D eigenvalue weighted by molar-refractivity contribution is 0.361. The summed E-state index contributed by atoms with van der Waals surface area (Å²) in [5.74, 6) is 0.958. The Kier molecular flexibility index (Phi) is 3.84. The predicted octanol–water partition coefficient (Wildman–Crippen LogP) is 1.15. The maximum Gasteiger partial charge on any atom is 0.215 e. The van der Waals surface area contributed by atoms with Gasteiger partial charge in [-0.15, -0.1) is 0 Å². The van der Waals surface area contributed by atoms with Crippen LogP contribution in [0.2, 0.25) is 0 Å². The SMILES string of the molecule is COc1c(CCN)cnn1Cc1ccccc1O. The van der Waals surface area contributed by atoms with E-state index in [1.807, 2.05) is 12.1 Å². The van der Waals surface area contributed by atoms with Gasteiger partial charge in [0.15, 0.2) is 0 Å². The summed E-state index contributed by atoms with van der Waals surface area (Å²) in [6, 6.07) is 7.19. The number of para-hydroxylation sites is 1. The summed E-state index contributed by atoms with van der Waals surface area (Å²) in [4.78, 5) is 0. The molecular formula is C13H17N3O2. The quantitative estimate of drug-likeness (QED) is 0.831. The van der Waals surface area contributed by atoms with Gasteiger partial charge < -0.3 is 15.6 Å². The number of hydrogen-bond acceptors (Lipinski definition) is 4. The monoisotopic (exact) mass is 247 g/mol. The average molecular weight is 247 g/mol. The van der Waals surface area contributed by atoms with Crippen molar-refractivity contribution in [3.63, 3.8) is 0 Å². The van der Waals surface area contributed by atoms with E-state index in [2.05, 4.69) is 5.10 Å². The Morgan fingerprint density at radius 2 is 2.11 bits per heavy atom. The van der Waals surface area contributed by atoms with Crippen LogP contribution in [0.1, 0.15) is 11.1 Å². The van der Waals surface area contributed by atoms with Crippen molar-refractivity contribution in [2.45, 2.75) is 13.0 Å². The van der Waals surface area contributed by atoms with Crippen LogP contribution < -0.4 is 10.5 Å². The molecule has 0 atom stereocenters. The third-order valence-electron chi connectivity index (χ3n) is 2.78. The third kappa shape index (κ3) is 2.46. The second-order valence-electron chi connectivity index (χ2n) is 4.00.